The molecule has 3 aromatic rings. The molecule has 1 aliphatic rings. The summed E-state index contributed by atoms with van der Waals surface area (Å²) in [6, 6.07) is 20.0. The number of hydrazone groups is 1. The maximum Gasteiger partial charge on any atom is 0.416 e. The number of nitrogens with zero attached hydrogens (tertiary/aromatic N) is 4. The third-order valence-electron chi connectivity index (χ3n) is 6.26. The number of guanidine groups is 1. The number of nitrogens with two attached hydrogens (primary N) is 1. The number of amidine groups is 1. The third kappa shape index (κ3) is 6.89. The fraction of sp³-hybridized carbons (Fsp3) is 0.250. The molecule has 1 heterocycles. The molecule has 2 N–H and O–H groups in total. The van der Waals surface area contributed by atoms with Crippen LogP contribution in [0.15, 0.2) is 98.2 Å². The van der Waals surface area contributed by atoms with E-state index in [4.69, 9.17) is 22.4 Å². The van der Waals surface area contributed by atoms with Crippen LogP contribution >= 0.6 is 11.6 Å². The zero-order valence-electron chi connectivity index (χ0n) is 21.7. The molecular formula is C28H27ClF3N5O2S. The molecule has 0 spiro atoms. The highest BCUT2D eigenvalue weighted by atomic mass is 35.5. The van der Waals surface area contributed by atoms with Gasteiger partial charge in [-0.2, -0.15) is 31.7 Å². The lowest BCUT2D eigenvalue weighted by Crippen LogP contribution is -2.37. The van der Waals surface area contributed by atoms with E-state index in [1.807, 2.05) is 42.5 Å². The van der Waals surface area contributed by atoms with Gasteiger partial charge in [-0.1, -0.05) is 67.9 Å². The Morgan fingerprint density at radius 1 is 1.02 bits per heavy atom. The average Bonchev–Trinajstić information content (AvgIpc) is 2.92. The first kappa shape index (κ1) is 29.3. The van der Waals surface area contributed by atoms with Gasteiger partial charge in [-0.05, 0) is 53.9 Å². The number of aliphatic imine (C=N–C) groups is 1. The normalized spacial score (nSPS) is 17.2. The van der Waals surface area contributed by atoms with E-state index in [-0.39, 0.29) is 30.2 Å². The van der Waals surface area contributed by atoms with Crippen LogP contribution < -0.4 is 5.73 Å². The van der Waals surface area contributed by atoms with E-state index in [1.54, 1.807) is 26.0 Å². The van der Waals surface area contributed by atoms with E-state index in [1.165, 1.54) is 5.01 Å². The lowest BCUT2D eigenvalue weighted by molar-refractivity contribution is -0.137. The molecule has 0 aromatic heterocycles. The van der Waals surface area contributed by atoms with Crippen molar-refractivity contribution in [3.8, 4) is 0 Å². The van der Waals surface area contributed by atoms with Gasteiger partial charge in [0, 0.05) is 23.4 Å². The lowest BCUT2D eigenvalue weighted by Gasteiger charge is -2.31. The van der Waals surface area contributed by atoms with E-state index in [9.17, 15) is 21.6 Å². The Balaban J connectivity index is 1.82. The summed E-state index contributed by atoms with van der Waals surface area (Å²) in [5.74, 6) is -0.516. The Morgan fingerprint density at radius 2 is 1.65 bits per heavy atom. The first-order chi connectivity index (χ1) is 18.8. The highest BCUT2D eigenvalue weighted by Gasteiger charge is 2.32. The predicted molar refractivity (Wildman–Crippen MR) is 151 cm³/mol. The van der Waals surface area contributed by atoms with E-state index < -0.39 is 26.7 Å². The summed E-state index contributed by atoms with van der Waals surface area (Å²) in [6.07, 6.45) is -4.06. The van der Waals surface area contributed by atoms with Crippen LogP contribution in [0.4, 0.5) is 13.2 Å². The minimum atomic E-state index is -4.61. The van der Waals surface area contributed by atoms with E-state index >= 15 is 0 Å². The van der Waals surface area contributed by atoms with E-state index in [0.717, 1.165) is 23.3 Å². The molecule has 0 bridgehead atoms. The van der Waals surface area contributed by atoms with Crippen LogP contribution in [0.3, 0.4) is 0 Å². The molecule has 0 amide bonds. The summed E-state index contributed by atoms with van der Waals surface area (Å²) in [5.41, 5.74) is 7.56. The number of hydrogen-bond donors (Lipinski definition) is 1. The second kappa shape index (κ2) is 11.8. The van der Waals surface area contributed by atoms with Gasteiger partial charge in [-0.3, -0.25) is 0 Å². The first-order valence-corrected chi connectivity index (χ1v) is 14.2. The van der Waals surface area contributed by atoms with Gasteiger partial charge in [0.2, 0.25) is 0 Å². The second-order valence-electron chi connectivity index (χ2n) is 9.45. The molecule has 1 unspecified atom stereocenters. The molecule has 1 atom stereocenters. The molecular weight excluding hydrogens is 563 g/mol. The largest absolute Gasteiger partial charge is 0.416 e. The molecule has 4 rings (SSSR count). The predicted octanol–water partition coefficient (Wildman–Crippen LogP) is 6.31. The standard InChI is InChI=1S/C28H27ClF3N5O2S/c1-18(2)26(33)34-27(36-40(38,39)23-14-10-21(11-15-23)28(30,31)32)37-17-16-24(19-6-4-3-5-7-19)25(35-37)20-8-12-22(29)13-9-20/h3-15,18,24H,16-17H2,1-2H3,(H2,33,34,36). The van der Waals surface area contributed by atoms with Gasteiger partial charge < -0.3 is 5.73 Å². The van der Waals surface area contributed by atoms with Crippen molar-refractivity contribution in [2.24, 2.45) is 26.1 Å². The second-order valence-corrected chi connectivity index (χ2v) is 11.5. The van der Waals surface area contributed by atoms with Crippen LogP contribution in [0.5, 0.6) is 0 Å². The monoisotopic (exact) mass is 589 g/mol. The zero-order valence-corrected chi connectivity index (χ0v) is 23.2. The van der Waals surface area contributed by atoms with Crippen LogP contribution in [-0.4, -0.2) is 37.5 Å². The van der Waals surface area contributed by atoms with Crippen molar-refractivity contribution >= 4 is 39.1 Å². The van der Waals surface area contributed by atoms with Crippen molar-refractivity contribution in [3.05, 3.63) is 101 Å². The Morgan fingerprint density at radius 3 is 2.23 bits per heavy atom. The molecule has 0 saturated heterocycles. The van der Waals surface area contributed by atoms with Crippen molar-refractivity contribution in [3.63, 3.8) is 0 Å². The van der Waals surface area contributed by atoms with Crippen molar-refractivity contribution in [1.29, 1.82) is 0 Å². The molecule has 3 aromatic carbocycles. The molecule has 0 aliphatic carbocycles. The van der Waals surface area contributed by atoms with Crippen molar-refractivity contribution in [1.82, 2.24) is 5.01 Å². The van der Waals surface area contributed by atoms with Gasteiger partial charge in [0.15, 0.2) is 0 Å². The Kier molecular flexibility index (Phi) is 8.65. The van der Waals surface area contributed by atoms with Gasteiger partial charge in [0.25, 0.3) is 16.0 Å². The Labute approximate surface area is 236 Å². The van der Waals surface area contributed by atoms with Crippen LogP contribution in [0.1, 0.15) is 42.9 Å². The van der Waals surface area contributed by atoms with Gasteiger partial charge in [0.1, 0.15) is 5.84 Å². The summed E-state index contributed by atoms with van der Waals surface area (Å²) >= 11 is 6.11. The quantitative estimate of drug-likeness (QED) is 0.278. The Bertz CT molecular complexity index is 1540. The summed E-state index contributed by atoms with van der Waals surface area (Å²) in [5, 5.41) is 6.69. The SMILES string of the molecule is CC(C)C(N)=NC(=NS(=O)(=O)c1ccc(C(F)(F)F)cc1)N1CCC(c2ccccc2)C(c2ccc(Cl)cc2)=N1. The Hall–Kier alpha value is -3.70. The van der Waals surface area contributed by atoms with Gasteiger partial charge in [-0.15, -0.1) is 4.40 Å². The van der Waals surface area contributed by atoms with Crippen molar-refractivity contribution in [2.45, 2.75) is 37.3 Å². The molecule has 7 nitrogen and oxygen atoms in total. The molecule has 40 heavy (non-hydrogen) atoms. The average molecular weight is 590 g/mol. The summed E-state index contributed by atoms with van der Waals surface area (Å²) < 4.78 is 69.3. The van der Waals surface area contributed by atoms with Crippen LogP contribution in [0.25, 0.3) is 0 Å². The summed E-state index contributed by atoms with van der Waals surface area (Å²) in [7, 11) is -4.47. The van der Waals surface area contributed by atoms with Crippen LogP contribution in [0, 0.1) is 5.92 Å². The van der Waals surface area contributed by atoms with Crippen molar-refractivity contribution in [2.75, 3.05) is 6.54 Å². The molecule has 0 fully saturated rings. The molecule has 0 radical (unpaired) electrons. The maximum atomic E-state index is 13.2. The number of hydrogen-bond acceptors (Lipinski definition) is 3. The van der Waals surface area contributed by atoms with E-state index in [2.05, 4.69) is 9.39 Å². The highest BCUT2D eigenvalue weighted by Crippen LogP contribution is 2.32. The fourth-order valence-corrected chi connectivity index (χ4v) is 5.08. The number of benzene rings is 3. The van der Waals surface area contributed by atoms with Crippen molar-refractivity contribution < 1.29 is 21.6 Å². The molecule has 210 valence electrons. The van der Waals surface area contributed by atoms with Gasteiger partial charge in [-0.25, -0.2) is 5.01 Å². The maximum absolute atomic E-state index is 13.2. The smallest absolute Gasteiger partial charge is 0.387 e. The van der Waals surface area contributed by atoms with Crippen LogP contribution in [-0.2, 0) is 16.2 Å². The lowest BCUT2D eigenvalue weighted by atomic mass is 9.86. The van der Waals surface area contributed by atoms with Gasteiger partial charge >= 0.3 is 6.18 Å². The van der Waals surface area contributed by atoms with E-state index in [0.29, 0.717) is 29.3 Å². The minimum absolute atomic E-state index is 0.113. The topological polar surface area (TPSA) is 100 Å². The highest BCUT2D eigenvalue weighted by molar-refractivity contribution is 7.90. The van der Waals surface area contributed by atoms with Crippen LogP contribution in [0.2, 0.25) is 5.02 Å². The number of halogens is 4. The molecule has 12 heteroatoms. The zero-order chi connectivity index (χ0) is 29.1. The summed E-state index contributed by atoms with van der Waals surface area (Å²) in [4.78, 5) is 3.87. The third-order valence-corrected chi connectivity index (χ3v) is 7.79. The summed E-state index contributed by atoms with van der Waals surface area (Å²) in [6.45, 7) is 3.82. The van der Waals surface area contributed by atoms with Gasteiger partial charge in [0.05, 0.1) is 16.2 Å². The minimum Gasteiger partial charge on any atom is -0.387 e. The molecule has 0 saturated carbocycles. The molecule has 1 aliphatic heterocycles. The number of rotatable bonds is 5. The number of alkyl halides is 3. The fourth-order valence-electron chi connectivity index (χ4n) is 4.02. The number of sulfonamides is 1. The first-order valence-electron chi connectivity index (χ1n) is 12.4.